The molecule has 1 saturated heterocycles. The fourth-order valence-corrected chi connectivity index (χ4v) is 6.03. The van der Waals surface area contributed by atoms with E-state index < -0.39 is 24.0 Å². The number of aromatic nitrogens is 2. The molecule has 1 aliphatic heterocycles. The lowest BCUT2D eigenvalue weighted by Crippen LogP contribution is -2.57. The minimum Gasteiger partial charge on any atom is -0.485 e. The lowest BCUT2D eigenvalue weighted by molar-refractivity contribution is -0.149. The Morgan fingerprint density at radius 2 is 1.76 bits per heavy atom. The van der Waals surface area contributed by atoms with Crippen molar-refractivity contribution < 1.29 is 28.4 Å². The van der Waals surface area contributed by atoms with Gasteiger partial charge in [-0.15, -0.1) is 0 Å². The molecule has 1 aromatic heterocycles. The SMILES string of the molecule is CCCCc1nc(COc2ccccc2C(=O)N[C@H](CC(C)C)C(=O)N2CCC[C@@H]2C(=O)N(C)[C@@H](Cc2ccccc2)C(=O)N(C)C)no1. The van der Waals surface area contributed by atoms with Crippen LogP contribution >= 0.6 is 0 Å². The van der Waals surface area contributed by atoms with Gasteiger partial charge in [0, 0.05) is 40.5 Å². The molecule has 3 aromatic rings. The molecular formula is C37H50N6O6. The van der Waals surface area contributed by atoms with Crippen molar-refractivity contribution in [3.63, 3.8) is 0 Å². The number of unbranched alkanes of at least 4 members (excludes halogenated alkanes) is 1. The summed E-state index contributed by atoms with van der Waals surface area (Å²) in [6.07, 6.45) is 4.47. The van der Waals surface area contributed by atoms with E-state index in [1.54, 1.807) is 50.3 Å². The third-order valence-corrected chi connectivity index (χ3v) is 8.69. The van der Waals surface area contributed by atoms with Crippen molar-refractivity contribution >= 4 is 23.6 Å². The van der Waals surface area contributed by atoms with Gasteiger partial charge < -0.3 is 29.3 Å². The maximum Gasteiger partial charge on any atom is 0.255 e. The second kappa shape index (κ2) is 17.6. The normalized spacial score (nSPS) is 15.5. The van der Waals surface area contributed by atoms with Crippen molar-refractivity contribution in [2.24, 2.45) is 5.92 Å². The molecule has 1 fully saturated rings. The van der Waals surface area contributed by atoms with Crippen LogP contribution in [-0.2, 0) is 33.8 Å². The number of carbonyl (C=O) groups is 4. The fraction of sp³-hybridized carbons (Fsp3) is 0.514. The zero-order chi connectivity index (χ0) is 35.5. The lowest BCUT2D eigenvalue weighted by Gasteiger charge is -2.35. The summed E-state index contributed by atoms with van der Waals surface area (Å²) in [5, 5.41) is 6.92. The van der Waals surface area contributed by atoms with E-state index in [1.165, 1.54) is 9.80 Å². The number of rotatable bonds is 16. The molecule has 0 saturated carbocycles. The number of hydrogen-bond acceptors (Lipinski definition) is 8. The van der Waals surface area contributed by atoms with Crippen LogP contribution in [0.5, 0.6) is 5.75 Å². The number of para-hydroxylation sites is 1. The summed E-state index contributed by atoms with van der Waals surface area (Å²) in [4.78, 5) is 64.1. The zero-order valence-corrected chi connectivity index (χ0v) is 29.6. The number of benzene rings is 2. The summed E-state index contributed by atoms with van der Waals surface area (Å²) in [6, 6.07) is 14.0. The van der Waals surface area contributed by atoms with E-state index in [4.69, 9.17) is 9.26 Å². The van der Waals surface area contributed by atoms with Gasteiger partial charge in [0.05, 0.1) is 5.56 Å². The predicted molar refractivity (Wildman–Crippen MR) is 185 cm³/mol. The molecule has 264 valence electrons. The summed E-state index contributed by atoms with van der Waals surface area (Å²) in [7, 11) is 4.97. The van der Waals surface area contributed by atoms with Crippen LogP contribution in [-0.4, -0.2) is 94.3 Å². The predicted octanol–water partition coefficient (Wildman–Crippen LogP) is 4.28. The van der Waals surface area contributed by atoms with Gasteiger partial charge in [0.15, 0.2) is 6.61 Å². The summed E-state index contributed by atoms with van der Waals surface area (Å²) < 4.78 is 11.2. The largest absolute Gasteiger partial charge is 0.485 e. The molecule has 4 rings (SSSR count). The van der Waals surface area contributed by atoms with Gasteiger partial charge in [0.1, 0.15) is 23.9 Å². The van der Waals surface area contributed by atoms with Gasteiger partial charge in [-0.05, 0) is 49.3 Å². The minimum atomic E-state index is -0.874. The average molecular weight is 675 g/mol. The maximum absolute atomic E-state index is 14.2. The Labute approximate surface area is 289 Å². The van der Waals surface area contributed by atoms with E-state index in [2.05, 4.69) is 22.4 Å². The van der Waals surface area contributed by atoms with E-state index in [9.17, 15) is 19.2 Å². The molecule has 12 nitrogen and oxygen atoms in total. The molecule has 2 heterocycles. The number of carbonyl (C=O) groups excluding carboxylic acids is 4. The molecule has 49 heavy (non-hydrogen) atoms. The molecule has 0 radical (unpaired) electrons. The molecule has 3 atom stereocenters. The number of likely N-dealkylation sites (N-methyl/N-ethyl adjacent to an activating group) is 2. The Balaban J connectivity index is 1.48. The van der Waals surface area contributed by atoms with Gasteiger partial charge in [-0.3, -0.25) is 19.2 Å². The molecule has 12 heteroatoms. The van der Waals surface area contributed by atoms with Crippen molar-refractivity contribution in [1.82, 2.24) is 30.2 Å². The van der Waals surface area contributed by atoms with Crippen LogP contribution in [0.25, 0.3) is 0 Å². The number of likely N-dealkylation sites (tertiary alicyclic amines) is 1. The smallest absolute Gasteiger partial charge is 0.255 e. The van der Waals surface area contributed by atoms with Gasteiger partial charge in [0.2, 0.25) is 29.4 Å². The molecule has 1 aliphatic rings. The van der Waals surface area contributed by atoms with E-state index in [1.807, 2.05) is 44.2 Å². The average Bonchev–Trinajstić information content (AvgIpc) is 3.77. The van der Waals surface area contributed by atoms with Crippen molar-refractivity contribution in [2.45, 2.75) is 90.4 Å². The maximum atomic E-state index is 14.2. The molecule has 0 unspecified atom stereocenters. The second-order valence-corrected chi connectivity index (χ2v) is 13.2. The zero-order valence-electron chi connectivity index (χ0n) is 29.6. The molecule has 4 amide bonds. The second-order valence-electron chi connectivity index (χ2n) is 13.2. The molecule has 0 bridgehead atoms. The first-order chi connectivity index (χ1) is 23.5. The number of nitrogens with one attached hydrogen (secondary N) is 1. The lowest BCUT2D eigenvalue weighted by atomic mass is 10.0. The van der Waals surface area contributed by atoms with Gasteiger partial charge in [-0.25, -0.2) is 0 Å². The number of nitrogens with zero attached hydrogens (tertiary/aromatic N) is 5. The van der Waals surface area contributed by atoms with E-state index in [0.29, 0.717) is 56.1 Å². The molecule has 0 aliphatic carbocycles. The highest BCUT2D eigenvalue weighted by Crippen LogP contribution is 2.25. The van der Waals surface area contributed by atoms with Gasteiger partial charge in [-0.2, -0.15) is 4.98 Å². The third-order valence-electron chi connectivity index (χ3n) is 8.69. The highest BCUT2D eigenvalue weighted by Gasteiger charge is 2.41. The van der Waals surface area contributed by atoms with Gasteiger partial charge in [-0.1, -0.05) is 74.8 Å². The van der Waals surface area contributed by atoms with Crippen LogP contribution in [0.15, 0.2) is 59.1 Å². The first-order valence-electron chi connectivity index (χ1n) is 17.2. The third kappa shape index (κ3) is 9.90. The van der Waals surface area contributed by atoms with Crippen LogP contribution in [0, 0.1) is 5.92 Å². The van der Waals surface area contributed by atoms with Gasteiger partial charge >= 0.3 is 0 Å². The van der Waals surface area contributed by atoms with Crippen LogP contribution in [0.1, 0.15) is 80.5 Å². The number of hydrogen-bond donors (Lipinski definition) is 1. The molecule has 1 N–H and O–H groups in total. The first kappa shape index (κ1) is 37.1. The van der Waals surface area contributed by atoms with Crippen molar-refractivity contribution in [3.05, 3.63) is 77.4 Å². The Kier molecular flexibility index (Phi) is 13.3. The standard InChI is InChI=1S/C37H50N6O6/c1-7-8-20-33-39-32(40-49-33)24-48-31-19-13-12-17-27(31)34(44)38-28(22-25(2)3)35(45)43-21-14-18-29(43)37(47)42(6)30(36(46)41(4)5)23-26-15-10-9-11-16-26/h9-13,15-17,19,25,28-30H,7-8,14,18,20-24H2,1-6H3,(H,38,44)/t28-,29-,30+/m1/s1. The van der Waals surface area contributed by atoms with Crippen LogP contribution in [0.3, 0.4) is 0 Å². The Morgan fingerprint density at radius 1 is 1.04 bits per heavy atom. The first-order valence-corrected chi connectivity index (χ1v) is 17.2. The number of amides is 4. The summed E-state index contributed by atoms with van der Waals surface area (Å²) >= 11 is 0. The monoisotopic (exact) mass is 674 g/mol. The fourth-order valence-electron chi connectivity index (χ4n) is 6.03. The van der Waals surface area contributed by atoms with E-state index >= 15 is 0 Å². The summed E-state index contributed by atoms with van der Waals surface area (Å²) in [5.41, 5.74) is 1.19. The highest BCUT2D eigenvalue weighted by molar-refractivity contribution is 6.00. The van der Waals surface area contributed by atoms with E-state index in [0.717, 1.165) is 18.4 Å². The molecular weight excluding hydrogens is 624 g/mol. The van der Waals surface area contributed by atoms with Crippen molar-refractivity contribution in [3.8, 4) is 5.75 Å². The van der Waals surface area contributed by atoms with E-state index in [-0.39, 0.29) is 35.8 Å². The van der Waals surface area contributed by atoms with Gasteiger partial charge in [0.25, 0.3) is 5.91 Å². The molecule has 2 aromatic carbocycles. The topological polar surface area (TPSA) is 138 Å². The Morgan fingerprint density at radius 3 is 2.45 bits per heavy atom. The summed E-state index contributed by atoms with van der Waals surface area (Å²) in [5.74, 6) is 0.0337. The van der Waals surface area contributed by atoms with Crippen molar-refractivity contribution in [1.29, 1.82) is 0 Å². The quantitative estimate of drug-likeness (QED) is 0.238. The van der Waals surface area contributed by atoms with Crippen LogP contribution in [0.2, 0.25) is 0 Å². The Hall–Kier alpha value is -4.74. The van der Waals surface area contributed by atoms with Crippen molar-refractivity contribution in [2.75, 3.05) is 27.7 Å². The minimum absolute atomic E-state index is 0.0148. The Bertz CT molecular complexity index is 1560. The highest BCUT2D eigenvalue weighted by atomic mass is 16.5. The van der Waals surface area contributed by atoms with Crippen LogP contribution < -0.4 is 10.1 Å². The summed E-state index contributed by atoms with van der Waals surface area (Å²) in [6.45, 7) is 6.43. The molecule has 0 spiro atoms. The van der Waals surface area contributed by atoms with Crippen LogP contribution in [0.4, 0.5) is 0 Å². The number of aryl methyl sites for hydroxylation is 1. The number of ether oxygens (including phenoxy) is 1.